The number of carbonyl (C=O) groups is 1. The summed E-state index contributed by atoms with van der Waals surface area (Å²) in [5.74, 6) is 0.866. The van der Waals surface area contributed by atoms with Crippen molar-refractivity contribution in [1.29, 1.82) is 0 Å². The summed E-state index contributed by atoms with van der Waals surface area (Å²) in [5, 5.41) is 0. The fourth-order valence-corrected chi connectivity index (χ4v) is 3.04. The lowest BCUT2D eigenvalue weighted by atomic mass is 10.1. The molecule has 2 N–H and O–H groups in total. The topological polar surface area (TPSA) is 46.3 Å². The number of carbonyl (C=O) groups excluding carboxylic acids is 1. The number of hydrogen-bond acceptors (Lipinski definition) is 2. The van der Waals surface area contributed by atoms with Crippen LogP contribution in [0, 0.1) is 5.92 Å². The van der Waals surface area contributed by atoms with Crippen molar-refractivity contribution in [3.8, 4) is 0 Å². The lowest BCUT2D eigenvalue weighted by Crippen LogP contribution is -2.34. The largest absolute Gasteiger partial charge is 0.340 e. The molecule has 1 saturated heterocycles. The van der Waals surface area contributed by atoms with Gasteiger partial charge in [-0.25, -0.2) is 0 Å². The smallest absolute Gasteiger partial charge is 0.222 e. The van der Waals surface area contributed by atoms with Gasteiger partial charge in [-0.1, -0.05) is 45.4 Å². The summed E-state index contributed by atoms with van der Waals surface area (Å²) in [6, 6.07) is 0.394. The van der Waals surface area contributed by atoms with Crippen LogP contribution in [0.2, 0.25) is 0 Å². The molecule has 3 heteroatoms. The molecule has 1 aliphatic rings. The van der Waals surface area contributed by atoms with Crippen LogP contribution in [-0.4, -0.2) is 29.9 Å². The Kier molecular flexibility index (Phi) is 8.11. The van der Waals surface area contributed by atoms with Crippen molar-refractivity contribution in [1.82, 2.24) is 4.90 Å². The minimum atomic E-state index is 0.344. The van der Waals surface area contributed by atoms with E-state index < -0.39 is 0 Å². The van der Waals surface area contributed by atoms with Gasteiger partial charge in [-0.05, 0) is 32.2 Å². The molecule has 2 unspecified atom stereocenters. The molecule has 0 aromatic carbocycles. The van der Waals surface area contributed by atoms with Crippen molar-refractivity contribution in [3.63, 3.8) is 0 Å². The second-order valence-electron chi connectivity index (χ2n) is 6.10. The Labute approximate surface area is 118 Å². The molecule has 0 aromatic heterocycles. The molecule has 1 fully saturated rings. The van der Waals surface area contributed by atoms with Gasteiger partial charge in [-0.2, -0.15) is 0 Å². The summed E-state index contributed by atoms with van der Waals surface area (Å²) in [6.07, 6.45) is 10.7. The van der Waals surface area contributed by atoms with Crippen molar-refractivity contribution in [3.05, 3.63) is 0 Å². The van der Waals surface area contributed by atoms with Crippen LogP contribution in [0.5, 0.6) is 0 Å². The number of nitrogens with zero attached hydrogens (tertiary/aromatic N) is 1. The van der Waals surface area contributed by atoms with Crippen molar-refractivity contribution in [2.45, 2.75) is 77.7 Å². The van der Waals surface area contributed by atoms with Crippen molar-refractivity contribution in [2.75, 3.05) is 13.1 Å². The monoisotopic (exact) mass is 268 g/mol. The van der Waals surface area contributed by atoms with Crippen molar-refractivity contribution < 1.29 is 4.79 Å². The minimum absolute atomic E-state index is 0.344. The Morgan fingerprint density at radius 2 is 1.79 bits per heavy atom. The highest BCUT2D eigenvalue weighted by Crippen LogP contribution is 2.23. The van der Waals surface area contributed by atoms with Gasteiger partial charge < -0.3 is 10.6 Å². The van der Waals surface area contributed by atoms with E-state index in [1.165, 1.54) is 38.5 Å². The highest BCUT2D eigenvalue weighted by atomic mass is 16.2. The Bertz CT molecular complexity index is 255. The van der Waals surface area contributed by atoms with Crippen LogP contribution >= 0.6 is 0 Å². The van der Waals surface area contributed by atoms with E-state index in [2.05, 4.69) is 18.7 Å². The zero-order valence-electron chi connectivity index (χ0n) is 12.9. The van der Waals surface area contributed by atoms with Crippen LogP contribution in [0.25, 0.3) is 0 Å². The molecule has 0 aromatic rings. The van der Waals surface area contributed by atoms with E-state index in [4.69, 9.17) is 5.73 Å². The summed E-state index contributed by atoms with van der Waals surface area (Å²) in [6.45, 7) is 5.99. The number of amides is 1. The van der Waals surface area contributed by atoms with E-state index in [1.54, 1.807) is 0 Å². The van der Waals surface area contributed by atoms with Crippen LogP contribution in [-0.2, 0) is 4.79 Å². The fraction of sp³-hybridized carbons (Fsp3) is 0.938. The number of nitrogens with two attached hydrogens (primary N) is 1. The maximum absolute atomic E-state index is 12.1. The Morgan fingerprint density at radius 3 is 2.37 bits per heavy atom. The molecular formula is C16H32N2O. The summed E-state index contributed by atoms with van der Waals surface area (Å²) in [4.78, 5) is 14.2. The zero-order valence-corrected chi connectivity index (χ0v) is 12.9. The third-order valence-electron chi connectivity index (χ3n) is 4.31. The number of hydrogen-bond donors (Lipinski definition) is 1. The van der Waals surface area contributed by atoms with E-state index in [9.17, 15) is 4.79 Å². The van der Waals surface area contributed by atoms with E-state index in [0.29, 0.717) is 24.4 Å². The molecule has 3 nitrogen and oxygen atoms in total. The van der Waals surface area contributed by atoms with Gasteiger partial charge in [0.15, 0.2) is 0 Å². The second kappa shape index (κ2) is 9.35. The first-order chi connectivity index (χ1) is 9.19. The molecule has 1 amide bonds. The highest BCUT2D eigenvalue weighted by Gasteiger charge is 2.30. The maximum Gasteiger partial charge on any atom is 0.222 e. The Balaban J connectivity index is 2.08. The summed E-state index contributed by atoms with van der Waals surface area (Å²) in [5.41, 5.74) is 5.70. The average molecular weight is 268 g/mol. The molecule has 1 aliphatic heterocycles. The molecule has 0 bridgehead atoms. The molecule has 2 atom stereocenters. The van der Waals surface area contributed by atoms with E-state index in [-0.39, 0.29) is 0 Å². The molecule has 1 rings (SSSR count). The SMILES string of the molecule is CCCCCCCCCC(=O)N1CC(CN)CC1C. The quantitative estimate of drug-likeness (QED) is 0.652. The number of likely N-dealkylation sites (tertiary alicyclic amines) is 1. The first kappa shape index (κ1) is 16.5. The molecule has 19 heavy (non-hydrogen) atoms. The first-order valence-corrected chi connectivity index (χ1v) is 8.18. The number of rotatable bonds is 9. The average Bonchev–Trinajstić information content (AvgIpc) is 2.79. The van der Waals surface area contributed by atoms with Gasteiger partial charge in [0.25, 0.3) is 0 Å². The fourth-order valence-electron chi connectivity index (χ4n) is 3.04. The predicted molar refractivity (Wildman–Crippen MR) is 80.9 cm³/mol. The zero-order chi connectivity index (χ0) is 14.1. The summed E-state index contributed by atoms with van der Waals surface area (Å²) < 4.78 is 0. The predicted octanol–water partition coefficient (Wildman–Crippen LogP) is 3.32. The van der Waals surface area contributed by atoms with Crippen LogP contribution in [0.4, 0.5) is 0 Å². The summed E-state index contributed by atoms with van der Waals surface area (Å²) in [7, 11) is 0. The molecule has 0 radical (unpaired) electrons. The van der Waals surface area contributed by atoms with Gasteiger partial charge in [0.1, 0.15) is 0 Å². The third-order valence-corrected chi connectivity index (χ3v) is 4.31. The number of unbranched alkanes of at least 4 members (excludes halogenated alkanes) is 6. The Hall–Kier alpha value is -0.570. The minimum Gasteiger partial charge on any atom is -0.340 e. The second-order valence-corrected chi connectivity index (χ2v) is 6.10. The van der Waals surface area contributed by atoms with Crippen LogP contribution < -0.4 is 5.73 Å². The van der Waals surface area contributed by atoms with Gasteiger partial charge >= 0.3 is 0 Å². The highest BCUT2D eigenvalue weighted by molar-refractivity contribution is 5.76. The van der Waals surface area contributed by atoms with Crippen LogP contribution in [0.15, 0.2) is 0 Å². The molecular weight excluding hydrogens is 236 g/mol. The molecule has 0 aliphatic carbocycles. The molecule has 0 saturated carbocycles. The third kappa shape index (κ3) is 5.94. The lowest BCUT2D eigenvalue weighted by molar-refractivity contribution is -0.131. The standard InChI is InChI=1S/C16H32N2O/c1-3-4-5-6-7-8-9-10-16(19)18-13-15(12-17)11-14(18)2/h14-15H,3-13,17H2,1-2H3. The lowest BCUT2D eigenvalue weighted by Gasteiger charge is -2.21. The van der Waals surface area contributed by atoms with Gasteiger partial charge in [0.2, 0.25) is 5.91 Å². The molecule has 0 spiro atoms. The molecule has 112 valence electrons. The summed E-state index contributed by atoms with van der Waals surface area (Å²) >= 11 is 0. The first-order valence-electron chi connectivity index (χ1n) is 8.18. The van der Waals surface area contributed by atoms with Gasteiger partial charge in [-0.15, -0.1) is 0 Å². The molecule has 1 heterocycles. The van der Waals surface area contributed by atoms with Crippen molar-refractivity contribution in [2.24, 2.45) is 11.7 Å². The van der Waals surface area contributed by atoms with E-state index in [1.807, 2.05) is 0 Å². The Morgan fingerprint density at radius 1 is 1.16 bits per heavy atom. The van der Waals surface area contributed by atoms with Crippen LogP contribution in [0.3, 0.4) is 0 Å². The van der Waals surface area contributed by atoms with Gasteiger partial charge in [0, 0.05) is 19.0 Å². The van der Waals surface area contributed by atoms with Crippen molar-refractivity contribution >= 4 is 5.91 Å². The van der Waals surface area contributed by atoms with Gasteiger partial charge in [-0.3, -0.25) is 4.79 Å². The van der Waals surface area contributed by atoms with E-state index in [0.717, 1.165) is 25.8 Å². The van der Waals surface area contributed by atoms with Crippen LogP contribution in [0.1, 0.15) is 71.6 Å². The van der Waals surface area contributed by atoms with Gasteiger partial charge in [0.05, 0.1) is 0 Å². The maximum atomic E-state index is 12.1. The van der Waals surface area contributed by atoms with E-state index >= 15 is 0 Å². The normalized spacial score (nSPS) is 23.0.